The van der Waals surface area contributed by atoms with Crippen molar-refractivity contribution in [1.82, 2.24) is 0 Å². The smallest absolute Gasteiger partial charge is 0.412 e. The van der Waals surface area contributed by atoms with E-state index in [9.17, 15) is 15.0 Å². The van der Waals surface area contributed by atoms with E-state index in [-0.39, 0.29) is 11.5 Å². The van der Waals surface area contributed by atoms with E-state index in [0.29, 0.717) is 16.5 Å². The number of ether oxygens (including phenoxy) is 1. The lowest BCUT2D eigenvalue weighted by molar-refractivity contribution is 0.0636. The average molecular weight is 275 g/mol. The van der Waals surface area contributed by atoms with Crippen LogP contribution in [0.15, 0.2) is 30.3 Å². The van der Waals surface area contributed by atoms with Gasteiger partial charge in [0, 0.05) is 11.1 Å². The molecule has 0 spiro atoms. The molecular formula is C15H17NO4. The number of carbonyl (C=O) groups is 1. The number of fused-ring (bicyclic) bond motifs is 1. The number of phenols is 2. The maximum atomic E-state index is 11.7. The minimum Gasteiger partial charge on any atom is -0.504 e. The summed E-state index contributed by atoms with van der Waals surface area (Å²) < 4.78 is 5.16. The number of hydrogen-bond acceptors (Lipinski definition) is 4. The standard InChI is InChI=1S/C15H17NO4/c1-15(2,3)20-14(19)16-10-5-6-11-9(8-10)4-7-12(17)13(11)18/h4-8,17-18H,1-3H3,(H,16,19). The first-order chi connectivity index (χ1) is 9.26. The van der Waals surface area contributed by atoms with Crippen molar-refractivity contribution < 1.29 is 19.7 Å². The van der Waals surface area contributed by atoms with Gasteiger partial charge in [-0.3, -0.25) is 5.32 Å². The van der Waals surface area contributed by atoms with E-state index >= 15 is 0 Å². The number of nitrogens with one attached hydrogen (secondary N) is 1. The van der Waals surface area contributed by atoms with Crippen LogP contribution in [0.1, 0.15) is 20.8 Å². The number of phenolic OH excluding ortho intramolecular Hbond substituents is 2. The number of aromatic hydroxyl groups is 2. The fraction of sp³-hybridized carbons (Fsp3) is 0.267. The van der Waals surface area contributed by atoms with Crippen LogP contribution in [0.4, 0.5) is 10.5 Å². The van der Waals surface area contributed by atoms with E-state index in [1.54, 1.807) is 45.0 Å². The molecule has 2 rings (SSSR count). The van der Waals surface area contributed by atoms with Gasteiger partial charge in [0.25, 0.3) is 0 Å². The molecule has 0 aliphatic carbocycles. The van der Waals surface area contributed by atoms with E-state index in [1.807, 2.05) is 0 Å². The summed E-state index contributed by atoms with van der Waals surface area (Å²) in [5.74, 6) is -0.350. The second-order valence-electron chi connectivity index (χ2n) is 5.50. The predicted octanol–water partition coefficient (Wildman–Crippen LogP) is 3.60. The van der Waals surface area contributed by atoms with Crippen LogP contribution in [0.2, 0.25) is 0 Å². The number of anilines is 1. The van der Waals surface area contributed by atoms with Crippen molar-refractivity contribution in [3.63, 3.8) is 0 Å². The Balaban J connectivity index is 2.25. The Bertz CT molecular complexity index is 659. The Hall–Kier alpha value is -2.43. The maximum absolute atomic E-state index is 11.7. The number of carbonyl (C=O) groups excluding carboxylic acids is 1. The Labute approximate surface area is 116 Å². The third-order valence-electron chi connectivity index (χ3n) is 2.62. The highest BCUT2D eigenvalue weighted by Crippen LogP contribution is 2.34. The topological polar surface area (TPSA) is 78.8 Å². The molecule has 20 heavy (non-hydrogen) atoms. The molecule has 106 valence electrons. The van der Waals surface area contributed by atoms with Gasteiger partial charge in [-0.05, 0) is 50.4 Å². The van der Waals surface area contributed by atoms with Gasteiger partial charge in [0.2, 0.25) is 0 Å². The molecule has 2 aromatic carbocycles. The summed E-state index contributed by atoms with van der Waals surface area (Å²) >= 11 is 0. The maximum Gasteiger partial charge on any atom is 0.412 e. The van der Waals surface area contributed by atoms with E-state index in [2.05, 4.69) is 5.32 Å². The van der Waals surface area contributed by atoms with Crippen molar-refractivity contribution in [3.8, 4) is 11.5 Å². The molecule has 0 heterocycles. The molecule has 0 saturated heterocycles. The van der Waals surface area contributed by atoms with Gasteiger partial charge in [-0.1, -0.05) is 6.07 Å². The Morgan fingerprint density at radius 3 is 2.50 bits per heavy atom. The number of rotatable bonds is 1. The largest absolute Gasteiger partial charge is 0.504 e. The van der Waals surface area contributed by atoms with Gasteiger partial charge in [0.1, 0.15) is 5.60 Å². The summed E-state index contributed by atoms with van der Waals surface area (Å²) in [6.07, 6.45) is -0.542. The molecule has 0 aliphatic rings. The molecule has 2 aromatic rings. The van der Waals surface area contributed by atoms with Crippen LogP contribution in [-0.2, 0) is 4.74 Å². The lowest BCUT2D eigenvalue weighted by atomic mass is 10.1. The minimum absolute atomic E-state index is 0.175. The summed E-state index contributed by atoms with van der Waals surface area (Å²) in [4.78, 5) is 11.7. The molecule has 0 radical (unpaired) electrons. The number of hydrogen-bond donors (Lipinski definition) is 3. The van der Waals surface area contributed by atoms with Crippen LogP contribution in [0, 0.1) is 0 Å². The van der Waals surface area contributed by atoms with Crippen LogP contribution in [0.5, 0.6) is 11.5 Å². The number of amides is 1. The monoisotopic (exact) mass is 275 g/mol. The van der Waals surface area contributed by atoms with Gasteiger partial charge < -0.3 is 14.9 Å². The fourth-order valence-electron chi connectivity index (χ4n) is 1.80. The van der Waals surface area contributed by atoms with E-state index in [0.717, 1.165) is 0 Å². The molecule has 5 heteroatoms. The summed E-state index contributed by atoms with van der Waals surface area (Å²) in [5.41, 5.74) is -0.0119. The van der Waals surface area contributed by atoms with Crippen molar-refractivity contribution in [2.75, 3.05) is 5.32 Å². The Kier molecular flexibility index (Phi) is 3.44. The number of benzene rings is 2. The first kappa shape index (κ1) is 14.0. The third-order valence-corrected chi connectivity index (χ3v) is 2.62. The third kappa shape index (κ3) is 3.12. The summed E-state index contributed by atoms with van der Waals surface area (Å²) in [7, 11) is 0. The molecule has 0 unspecified atom stereocenters. The highest BCUT2D eigenvalue weighted by molar-refractivity contribution is 5.95. The van der Waals surface area contributed by atoms with Crippen molar-refractivity contribution >= 4 is 22.6 Å². The quantitative estimate of drug-likeness (QED) is 0.695. The SMILES string of the molecule is CC(C)(C)OC(=O)Nc1ccc2c(O)c(O)ccc2c1. The molecule has 0 aromatic heterocycles. The molecular weight excluding hydrogens is 258 g/mol. The van der Waals surface area contributed by atoms with E-state index in [4.69, 9.17) is 4.74 Å². The molecule has 3 N–H and O–H groups in total. The lowest BCUT2D eigenvalue weighted by Crippen LogP contribution is -2.27. The van der Waals surface area contributed by atoms with E-state index in [1.165, 1.54) is 6.07 Å². The normalized spacial score (nSPS) is 11.3. The van der Waals surface area contributed by atoms with Gasteiger partial charge in [0.15, 0.2) is 11.5 Å². The molecule has 0 aliphatic heterocycles. The van der Waals surface area contributed by atoms with Crippen molar-refractivity contribution in [1.29, 1.82) is 0 Å². The molecule has 1 amide bonds. The Morgan fingerprint density at radius 2 is 1.85 bits per heavy atom. The van der Waals surface area contributed by atoms with Crippen LogP contribution in [0.25, 0.3) is 10.8 Å². The zero-order valence-corrected chi connectivity index (χ0v) is 11.6. The fourth-order valence-corrected chi connectivity index (χ4v) is 1.80. The summed E-state index contributed by atoms with van der Waals surface area (Å²) in [6, 6.07) is 8.00. The lowest BCUT2D eigenvalue weighted by Gasteiger charge is -2.19. The highest BCUT2D eigenvalue weighted by atomic mass is 16.6. The van der Waals surface area contributed by atoms with Gasteiger partial charge in [-0.2, -0.15) is 0 Å². The summed E-state index contributed by atoms with van der Waals surface area (Å²) in [6.45, 7) is 5.36. The molecule has 5 nitrogen and oxygen atoms in total. The van der Waals surface area contributed by atoms with E-state index < -0.39 is 11.7 Å². The molecule has 0 fully saturated rings. The van der Waals surface area contributed by atoms with Crippen LogP contribution < -0.4 is 5.32 Å². The van der Waals surface area contributed by atoms with Crippen LogP contribution in [-0.4, -0.2) is 21.9 Å². The van der Waals surface area contributed by atoms with Gasteiger partial charge in [0.05, 0.1) is 0 Å². The second-order valence-corrected chi connectivity index (χ2v) is 5.50. The first-order valence-corrected chi connectivity index (χ1v) is 6.21. The minimum atomic E-state index is -0.564. The van der Waals surface area contributed by atoms with Gasteiger partial charge >= 0.3 is 6.09 Å². The van der Waals surface area contributed by atoms with Crippen molar-refractivity contribution in [3.05, 3.63) is 30.3 Å². The molecule has 0 atom stereocenters. The van der Waals surface area contributed by atoms with Gasteiger partial charge in [-0.25, -0.2) is 4.79 Å². The van der Waals surface area contributed by atoms with Crippen molar-refractivity contribution in [2.45, 2.75) is 26.4 Å². The highest BCUT2D eigenvalue weighted by Gasteiger charge is 2.16. The van der Waals surface area contributed by atoms with Crippen LogP contribution >= 0.6 is 0 Å². The first-order valence-electron chi connectivity index (χ1n) is 6.21. The zero-order chi connectivity index (χ0) is 14.9. The average Bonchev–Trinajstić information content (AvgIpc) is 2.31. The van der Waals surface area contributed by atoms with Crippen LogP contribution in [0.3, 0.4) is 0 Å². The predicted molar refractivity (Wildman–Crippen MR) is 77.1 cm³/mol. The second kappa shape index (κ2) is 4.92. The molecule has 0 bridgehead atoms. The zero-order valence-electron chi connectivity index (χ0n) is 11.6. The molecule has 0 saturated carbocycles. The Morgan fingerprint density at radius 1 is 1.15 bits per heavy atom. The summed E-state index contributed by atoms with van der Waals surface area (Å²) in [5, 5.41) is 23.0. The van der Waals surface area contributed by atoms with Gasteiger partial charge in [-0.15, -0.1) is 0 Å². The van der Waals surface area contributed by atoms with Crippen molar-refractivity contribution in [2.24, 2.45) is 0 Å².